The Bertz CT molecular complexity index is 615. The van der Waals surface area contributed by atoms with E-state index in [1.165, 1.54) is 10.9 Å². The summed E-state index contributed by atoms with van der Waals surface area (Å²) in [5, 5.41) is 1.25. The average Bonchev–Trinajstić information content (AvgIpc) is 2.96. The predicted molar refractivity (Wildman–Crippen MR) is 96.4 cm³/mol. The first-order chi connectivity index (χ1) is 10.4. The van der Waals surface area contributed by atoms with Gasteiger partial charge in [0, 0.05) is 6.21 Å². The second-order valence-corrected chi connectivity index (χ2v) is 11.5. The van der Waals surface area contributed by atoms with Crippen LogP contribution in [-0.4, -0.2) is 14.3 Å². The van der Waals surface area contributed by atoms with Crippen LogP contribution in [-0.2, 0) is 15.1 Å². The van der Waals surface area contributed by atoms with E-state index in [1.807, 2.05) is 12.3 Å². The number of hydrogen-bond donors (Lipinski definition) is 0. The average molecular weight is 382 g/mol. The third kappa shape index (κ3) is 5.44. The van der Waals surface area contributed by atoms with Gasteiger partial charge in [0.2, 0.25) is 0 Å². The minimum atomic E-state index is -1.32. The molecule has 22 heavy (non-hydrogen) atoms. The maximum absolute atomic E-state index is 4.68. The van der Waals surface area contributed by atoms with E-state index in [0.29, 0.717) is 5.92 Å². The van der Waals surface area contributed by atoms with Crippen LogP contribution in [0.5, 0.6) is 0 Å². The molecule has 123 valence electrons. The molecule has 1 aromatic heterocycles. The van der Waals surface area contributed by atoms with Crippen molar-refractivity contribution in [2.75, 3.05) is 0 Å². The first kappa shape index (κ1) is 19.2. The molecule has 0 saturated heterocycles. The molecule has 0 amide bonds. The molecule has 2 aromatic rings. The van der Waals surface area contributed by atoms with Gasteiger partial charge in [0.05, 0.1) is 13.8 Å². The Hall–Kier alpha value is -0.804. The first-order valence-electron chi connectivity index (χ1n) is 7.26. The van der Waals surface area contributed by atoms with Crippen molar-refractivity contribution in [2.45, 2.75) is 39.4 Å². The molecular weight excluding hydrogens is 359 g/mol. The first-order valence-corrected chi connectivity index (χ1v) is 12.1. The molecule has 1 heterocycles. The number of aromatic nitrogens is 1. The number of halogens is 1. The second-order valence-electron chi connectivity index (χ2n) is 6.48. The zero-order valence-electron chi connectivity index (χ0n) is 13.7. The molecule has 0 atom stereocenters. The fourth-order valence-corrected chi connectivity index (χ4v) is 3.14. The number of aliphatic imine (C=N–C) groups is 1. The van der Waals surface area contributed by atoms with Crippen molar-refractivity contribution in [3.05, 3.63) is 47.7 Å². The molecule has 0 radical (unpaired) electrons. The quantitative estimate of drug-likeness (QED) is 0.554. The Labute approximate surface area is 147 Å². The molecule has 5 heteroatoms. The van der Waals surface area contributed by atoms with E-state index in [4.69, 9.17) is 0 Å². The molecule has 2 rings (SSSR count). The summed E-state index contributed by atoms with van der Waals surface area (Å²) in [5.41, 5.74) is 3.28. The number of para-hydroxylation sites is 1. The molecule has 0 bridgehead atoms. The molecule has 0 aliphatic heterocycles. The Balaban J connectivity index is 0.00000116. The van der Waals surface area contributed by atoms with Gasteiger partial charge >= 0.3 is 25.2 Å². The van der Waals surface area contributed by atoms with E-state index in [1.54, 1.807) is 0 Å². The summed E-state index contributed by atoms with van der Waals surface area (Å²) in [7, 11) is 2.88. The summed E-state index contributed by atoms with van der Waals surface area (Å²) < 4.78 is 0. The summed E-state index contributed by atoms with van der Waals surface area (Å²) in [6.07, 6.45) is 1.88. The van der Waals surface area contributed by atoms with E-state index >= 15 is 0 Å². The van der Waals surface area contributed by atoms with Crippen LogP contribution in [0.2, 0.25) is 19.6 Å². The van der Waals surface area contributed by atoms with Gasteiger partial charge < -0.3 is 4.98 Å². The molecule has 0 aliphatic carbocycles. The molecule has 0 spiro atoms. The predicted octanol–water partition coefficient (Wildman–Crippen LogP) is 4.75. The molecule has 0 saturated carbocycles. The van der Waals surface area contributed by atoms with Gasteiger partial charge in [-0.05, 0) is 17.5 Å². The summed E-state index contributed by atoms with van der Waals surface area (Å²) in [5.74, 6) is 0.480. The third-order valence-electron chi connectivity index (χ3n) is 3.32. The van der Waals surface area contributed by atoms with Gasteiger partial charge in [-0.3, -0.25) is 4.99 Å². The van der Waals surface area contributed by atoms with Crippen molar-refractivity contribution in [1.82, 2.24) is 4.98 Å². The summed E-state index contributed by atoms with van der Waals surface area (Å²) in [6.45, 7) is 11.3. The molecule has 1 aromatic carbocycles. The third-order valence-corrected chi connectivity index (χ3v) is 5.14. The fourth-order valence-electron chi connectivity index (χ4n) is 2.10. The van der Waals surface area contributed by atoms with Crippen LogP contribution in [0.4, 0.5) is 5.69 Å². The number of rotatable bonds is 4. The van der Waals surface area contributed by atoms with Crippen molar-refractivity contribution in [2.24, 2.45) is 4.99 Å². The van der Waals surface area contributed by atoms with Gasteiger partial charge in [-0.15, -0.1) is 5.69 Å². The van der Waals surface area contributed by atoms with E-state index < -0.39 is 8.07 Å². The van der Waals surface area contributed by atoms with Crippen molar-refractivity contribution < 1.29 is 15.1 Å². The van der Waals surface area contributed by atoms with Gasteiger partial charge in [0.15, 0.2) is 0 Å². The second kappa shape index (κ2) is 8.73. The van der Waals surface area contributed by atoms with Gasteiger partial charge in [0.25, 0.3) is 0 Å². The zero-order valence-corrected chi connectivity index (χ0v) is 16.4. The SMILES string of the molecule is CC(C)c1ccccc1N=Cc1ccc([Si](C)(C)C)[n-]1.[Cl][Cu+]. The molecule has 0 N–H and O–H groups in total. The van der Waals surface area contributed by atoms with Crippen molar-refractivity contribution in [3.63, 3.8) is 0 Å². The Morgan fingerprint density at radius 2 is 1.73 bits per heavy atom. The van der Waals surface area contributed by atoms with E-state index in [9.17, 15) is 0 Å². The van der Waals surface area contributed by atoms with Crippen LogP contribution in [0.25, 0.3) is 0 Å². The fraction of sp³-hybridized carbons (Fsp3) is 0.353. The van der Waals surface area contributed by atoms with E-state index in [-0.39, 0.29) is 0 Å². The number of nitrogens with zero attached hydrogens (tertiary/aromatic N) is 2. The van der Waals surface area contributed by atoms with Crippen molar-refractivity contribution >= 4 is 35.4 Å². The molecular formula is C17H23ClCuN2Si. The minimum absolute atomic E-state index is 0.480. The van der Waals surface area contributed by atoms with Gasteiger partial charge in [-0.2, -0.15) is 5.32 Å². The van der Waals surface area contributed by atoms with Crippen molar-refractivity contribution in [3.8, 4) is 0 Å². The van der Waals surface area contributed by atoms with Crippen LogP contribution in [0.15, 0.2) is 41.4 Å². The number of benzene rings is 1. The molecule has 2 nitrogen and oxygen atoms in total. The topological polar surface area (TPSA) is 26.5 Å². The zero-order chi connectivity index (χ0) is 16.8. The normalized spacial score (nSPS) is 11.7. The van der Waals surface area contributed by atoms with E-state index in [2.05, 4.69) is 99.0 Å². The Morgan fingerprint density at radius 3 is 2.27 bits per heavy atom. The van der Waals surface area contributed by atoms with Crippen LogP contribution < -0.4 is 10.3 Å². The Morgan fingerprint density at radius 1 is 1.09 bits per heavy atom. The number of hydrogen-bond acceptors (Lipinski definition) is 1. The van der Waals surface area contributed by atoms with Crippen LogP contribution >= 0.6 is 10.1 Å². The van der Waals surface area contributed by atoms with E-state index in [0.717, 1.165) is 11.4 Å². The molecule has 0 aliphatic rings. The van der Waals surface area contributed by atoms with Crippen LogP contribution in [0, 0.1) is 0 Å². The van der Waals surface area contributed by atoms with Gasteiger partial charge in [-0.25, -0.2) is 0 Å². The molecule has 0 unspecified atom stereocenters. The van der Waals surface area contributed by atoms with Crippen LogP contribution in [0.3, 0.4) is 0 Å². The summed E-state index contributed by atoms with van der Waals surface area (Å²) in [6, 6.07) is 12.5. The maximum atomic E-state index is 4.68. The molecule has 0 fully saturated rings. The monoisotopic (exact) mass is 381 g/mol. The van der Waals surface area contributed by atoms with Gasteiger partial charge in [0.1, 0.15) is 0 Å². The van der Waals surface area contributed by atoms with Gasteiger partial charge in [-0.1, -0.05) is 63.8 Å². The standard InChI is InChI=1S/C17H23N2Si.ClH.Cu/c1-13(2)15-8-6-7-9-16(15)18-12-14-10-11-17(19-14)20(3,4)5;;/h6-13H,1-5H3;1H;/q-1;;+2/p-1. The summed E-state index contributed by atoms with van der Waals surface area (Å²) >= 11 is 3.66. The van der Waals surface area contributed by atoms with Crippen LogP contribution in [0.1, 0.15) is 31.0 Å². The summed E-state index contributed by atoms with van der Waals surface area (Å²) in [4.78, 5) is 9.30. The Kier molecular flexibility index (Phi) is 7.64. The van der Waals surface area contributed by atoms with Crippen molar-refractivity contribution in [1.29, 1.82) is 0 Å².